The summed E-state index contributed by atoms with van der Waals surface area (Å²) in [6.45, 7) is 0. The van der Waals surface area contributed by atoms with Crippen LogP contribution in [0.3, 0.4) is 0 Å². The molecule has 55 heavy (non-hydrogen) atoms. The Morgan fingerprint density at radius 2 is 0.927 bits per heavy atom. The topological polar surface area (TPSA) is 45.4 Å². The average molecular weight is 707 g/mol. The van der Waals surface area contributed by atoms with Gasteiger partial charge in [0.25, 0.3) is 0 Å². The van der Waals surface area contributed by atoms with Crippen molar-refractivity contribution in [3.8, 4) is 22.7 Å². The van der Waals surface area contributed by atoms with E-state index in [1.165, 1.54) is 0 Å². The van der Waals surface area contributed by atoms with Crippen LogP contribution in [0.25, 0.3) is 55.4 Å². The van der Waals surface area contributed by atoms with E-state index in [0.717, 1.165) is 83.7 Å². The summed E-state index contributed by atoms with van der Waals surface area (Å²) in [5.41, 5.74) is 9.64. The molecule has 10 rings (SSSR count). The van der Waals surface area contributed by atoms with Gasteiger partial charge in [0.2, 0.25) is 5.89 Å². The molecule has 2 heterocycles. The molecule has 0 aliphatic rings. The van der Waals surface area contributed by atoms with Crippen LogP contribution >= 0.6 is 0 Å². The molecule has 0 N–H and O–H groups in total. The largest absolute Gasteiger partial charge is 0.435 e. The number of aromatic nitrogens is 2. The Morgan fingerprint density at radius 1 is 0.382 bits per heavy atom. The lowest BCUT2D eigenvalue weighted by Crippen LogP contribution is -2.14. The molecule has 0 spiro atoms. The summed E-state index contributed by atoms with van der Waals surface area (Å²) in [6.07, 6.45) is 0. The Bertz CT molecular complexity index is 2890. The monoisotopic (exact) mass is 706 g/mol. The second-order valence-electron chi connectivity index (χ2n) is 13.5. The van der Waals surface area contributed by atoms with Gasteiger partial charge in [-0.05, 0) is 101 Å². The van der Waals surface area contributed by atoms with Crippen molar-refractivity contribution in [3.63, 3.8) is 0 Å². The highest BCUT2D eigenvalue weighted by molar-refractivity contribution is 6.18. The van der Waals surface area contributed by atoms with E-state index in [2.05, 4.69) is 174 Å². The minimum atomic E-state index is 0.609. The second-order valence-corrected chi connectivity index (χ2v) is 13.5. The van der Waals surface area contributed by atoms with Crippen LogP contribution in [0, 0.1) is 0 Å². The number of benzene rings is 8. The maximum absolute atomic E-state index is 6.59. The van der Waals surface area contributed by atoms with Crippen LogP contribution in [0.1, 0.15) is 0 Å². The van der Waals surface area contributed by atoms with Gasteiger partial charge in [0.1, 0.15) is 11.3 Å². The first-order valence-corrected chi connectivity index (χ1v) is 18.4. The van der Waals surface area contributed by atoms with Crippen molar-refractivity contribution in [3.05, 3.63) is 206 Å². The van der Waals surface area contributed by atoms with E-state index in [0.29, 0.717) is 5.89 Å². The molecular weight excluding hydrogens is 673 g/mol. The van der Waals surface area contributed by atoms with Crippen molar-refractivity contribution in [2.24, 2.45) is 0 Å². The number of pyridine rings is 1. The third-order valence-corrected chi connectivity index (χ3v) is 10.0. The third-order valence-electron chi connectivity index (χ3n) is 10.0. The number of nitrogens with zero attached hydrogens (tertiary/aromatic N) is 4. The average Bonchev–Trinajstić information content (AvgIpc) is 3.70. The fourth-order valence-electron chi connectivity index (χ4n) is 7.46. The number of anilines is 6. The quantitative estimate of drug-likeness (QED) is 0.147. The number of hydrogen-bond donors (Lipinski definition) is 0. The van der Waals surface area contributed by atoms with E-state index in [1.807, 2.05) is 42.5 Å². The molecule has 0 bridgehead atoms. The maximum atomic E-state index is 6.59. The minimum Gasteiger partial charge on any atom is -0.435 e. The molecule has 0 atom stereocenters. The highest BCUT2D eigenvalue weighted by Gasteiger charge is 2.20. The normalized spacial score (nSPS) is 11.3. The van der Waals surface area contributed by atoms with E-state index in [4.69, 9.17) is 14.4 Å². The molecule has 2 aromatic heterocycles. The summed E-state index contributed by atoms with van der Waals surface area (Å²) >= 11 is 0. The molecular formula is C50H34N4O. The highest BCUT2D eigenvalue weighted by Crippen LogP contribution is 2.42. The molecule has 0 unspecified atom stereocenters. The minimum absolute atomic E-state index is 0.609. The van der Waals surface area contributed by atoms with E-state index in [9.17, 15) is 0 Å². The molecule has 0 radical (unpaired) electrons. The van der Waals surface area contributed by atoms with Crippen LogP contribution in [0.15, 0.2) is 211 Å². The molecule has 0 saturated carbocycles. The number of para-hydroxylation sites is 2. The summed E-state index contributed by atoms with van der Waals surface area (Å²) in [6, 6.07) is 71.5. The standard InChI is InChI=1S/C50H34N4O/c1-5-15-36(16-6-1)45-25-14-26-47(51-45)54(42-24-13-23-41(33-42)53(39-19-9-3-10-20-39)40-21-11-4-12-22-40)43-31-29-35-27-28-37-30-32-46-49(48(37)44(35)34-43)55-50(52-46)38-17-7-2-8-18-38/h1-34H. The van der Waals surface area contributed by atoms with Crippen LogP contribution < -0.4 is 9.80 Å². The van der Waals surface area contributed by atoms with Gasteiger partial charge in [-0.2, -0.15) is 0 Å². The van der Waals surface area contributed by atoms with Gasteiger partial charge in [-0.1, -0.05) is 121 Å². The van der Waals surface area contributed by atoms with Gasteiger partial charge in [-0.25, -0.2) is 9.97 Å². The second kappa shape index (κ2) is 13.8. The van der Waals surface area contributed by atoms with Crippen LogP contribution in [-0.4, -0.2) is 9.97 Å². The highest BCUT2D eigenvalue weighted by atomic mass is 16.3. The van der Waals surface area contributed by atoms with Gasteiger partial charge in [0.05, 0.1) is 5.69 Å². The fraction of sp³-hybridized carbons (Fsp3) is 0. The summed E-state index contributed by atoms with van der Waals surface area (Å²) in [5, 5.41) is 4.31. The van der Waals surface area contributed by atoms with Gasteiger partial charge in [-0.15, -0.1) is 0 Å². The van der Waals surface area contributed by atoms with Gasteiger partial charge in [0.15, 0.2) is 5.58 Å². The molecule has 0 amide bonds. The predicted molar refractivity (Wildman–Crippen MR) is 227 cm³/mol. The van der Waals surface area contributed by atoms with Crippen molar-refractivity contribution >= 4 is 66.9 Å². The smallest absolute Gasteiger partial charge is 0.227 e. The Balaban J connectivity index is 1.19. The first kappa shape index (κ1) is 32.2. The molecule has 0 aliphatic carbocycles. The van der Waals surface area contributed by atoms with Crippen molar-refractivity contribution in [1.82, 2.24) is 9.97 Å². The van der Waals surface area contributed by atoms with E-state index >= 15 is 0 Å². The SMILES string of the molecule is c1ccc(-c2cccc(N(c3cccc(N(c4ccccc4)c4ccccc4)c3)c3ccc4ccc5ccc6nc(-c7ccccc7)oc6c5c4c3)n2)cc1. The first-order valence-electron chi connectivity index (χ1n) is 18.4. The van der Waals surface area contributed by atoms with Gasteiger partial charge in [0, 0.05) is 45.0 Å². The zero-order valence-electron chi connectivity index (χ0n) is 29.8. The van der Waals surface area contributed by atoms with Crippen molar-refractivity contribution < 1.29 is 4.42 Å². The molecule has 10 aromatic rings. The van der Waals surface area contributed by atoms with Crippen LogP contribution in [-0.2, 0) is 0 Å². The molecule has 0 saturated heterocycles. The lowest BCUT2D eigenvalue weighted by atomic mass is 10.00. The molecule has 0 aliphatic heterocycles. The number of rotatable bonds is 8. The number of oxazole rings is 1. The lowest BCUT2D eigenvalue weighted by molar-refractivity contribution is 0.623. The Kier molecular flexibility index (Phi) is 8.08. The Morgan fingerprint density at radius 3 is 1.64 bits per heavy atom. The van der Waals surface area contributed by atoms with Crippen molar-refractivity contribution in [2.45, 2.75) is 0 Å². The Labute approximate surface area is 319 Å². The van der Waals surface area contributed by atoms with Crippen molar-refractivity contribution in [1.29, 1.82) is 0 Å². The molecule has 5 nitrogen and oxygen atoms in total. The summed E-state index contributed by atoms with van der Waals surface area (Å²) in [7, 11) is 0. The van der Waals surface area contributed by atoms with Crippen LogP contribution in [0.5, 0.6) is 0 Å². The first-order chi connectivity index (χ1) is 27.3. The van der Waals surface area contributed by atoms with E-state index in [1.54, 1.807) is 0 Å². The fourth-order valence-corrected chi connectivity index (χ4v) is 7.46. The maximum Gasteiger partial charge on any atom is 0.227 e. The Hall–Kier alpha value is -7.50. The van der Waals surface area contributed by atoms with Gasteiger partial charge >= 0.3 is 0 Å². The summed E-state index contributed by atoms with van der Waals surface area (Å²) in [4.78, 5) is 14.7. The van der Waals surface area contributed by atoms with Crippen LogP contribution in [0.2, 0.25) is 0 Å². The molecule has 0 fully saturated rings. The van der Waals surface area contributed by atoms with Gasteiger partial charge in [-0.3, -0.25) is 4.90 Å². The van der Waals surface area contributed by atoms with E-state index in [-0.39, 0.29) is 0 Å². The molecule has 260 valence electrons. The third kappa shape index (κ3) is 6.04. The summed E-state index contributed by atoms with van der Waals surface area (Å²) < 4.78 is 6.59. The predicted octanol–water partition coefficient (Wildman–Crippen LogP) is 13.8. The zero-order valence-corrected chi connectivity index (χ0v) is 29.8. The number of hydrogen-bond acceptors (Lipinski definition) is 5. The number of fused-ring (bicyclic) bond motifs is 5. The van der Waals surface area contributed by atoms with Crippen LogP contribution in [0.4, 0.5) is 34.3 Å². The van der Waals surface area contributed by atoms with Gasteiger partial charge < -0.3 is 9.32 Å². The molecule has 5 heteroatoms. The summed E-state index contributed by atoms with van der Waals surface area (Å²) in [5.74, 6) is 1.42. The van der Waals surface area contributed by atoms with Crippen molar-refractivity contribution in [2.75, 3.05) is 9.80 Å². The zero-order chi connectivity index (χ0) is 36.6. The van der Waals surface area contributed by atoms with E-state index < -0.39 is 0 Å². The molecule has 8 aromatic carbocycles. The lowest BCUT2D eigenvalue weighted by Gasteiger charge is -2.29.